The van der Waals surface area contributed by atoms with Crippen molar-refractivity contribution in [2.75, 3.05) is 13.7 Å². The standard InChI is InChI=1S/C12H14FNO5/c1-19-7(5-10(16)17)6-14-12(18)11-8(13)3-2-4-9(11)15/h2-4,7,15H,5-6H2,1H3,(H,14,18)(H,16,17). The number of aliphatic carboxylic acids is 1. The summed E-state index contributed by atoms with van der Waals surface area (Å²) in [5.41, 5.74) is -0.479. The molecule has 0 aromatic heterocycles. The van der Waals surface area contributed by atoms with E-state index < -0.39 is 35.1 Å². The van der Waals surface area contributed by atoms with Crippen LogP contribution in [0.25, 0.3) is 0 Å². The van der Waals surface area contributed by atoms with E-state index in [2.05, 4.69) is 5.32 Å². The van der Waals surface area contributed by atoms with Gasteiger partial charge >= 0.3 is 5.97 Å². The summed E-state index contributed by atoms with van der Waals surface area (Å²) in [5.74, 6) is -3.24. The van der Waals surface area contributed by atoms with Crippen LogP contribution in [-0.4, -0.2) is 41.8 Å². The molecule has 7 heteroatoms. The van der Waals surface area contributed by atoms with E-state index in [1.165, 1.54) is 19.2 Å². The normalized spacial score (nSPS) is 11.9. The lowest BCUT2D eigenvalue weighted by Crippen LogP contribution is -2.34. The van der Waals surface area contributed by atoms with Crippen molar-refractivity contribution in [3.05, 3.63) is 29.6 Å². The molecule has 0 spiro atoms. The molecule has 0 aliphatic rings. The van der Waals surface area contributed by atoms with Gasteiger partial charge in [0.2, 0.25) is 0 Å². The highest BCUT2D eigenvalue weighted by Gasteiger charge is 2.18. The quantitative estimate of drug-likeness (QED) is 0.709. The number of carboxylic acid groups (broad SMARTS) is 1. The molecule has 0 saturated carbocycles. The topological polar surface area (TPSA) is 95.9 Å². The van der Waals surface area contributed by atoms with Crippen LogP contribution in [0.15, 0.2) is 18.2 Å². The van der Waals surface area contributed by atoms with Crippen LogP contribution < -0.4 is 5.32 Å². The summed E-state index contributed by atoms with van der Waals surface area (Å²) >= 11 is 0. The van der Waals surface area contributed by atoms with Gasteiger partial charge in [0, 0.05) is 13.7 Å². The largest absolute Gasteiger partial charge is 0.507 e. The van der Waals surface area contributed by atoms with Crippen LogP contribution in [0.2, 0.25) is 0 Å². The summed E-state index contributed by atoms with van der Waals surface area (Å²) in [7, 11) is 1.31. The van der Waals surface area contributed by atoms with Crippen molar-refractivity contribution < 1.29 is 28.9 Å². The fourth-order valence-corrected chi connectivity index (χ4v) is 1.47. The Morgan fingerprint density at radius 2 is 2.16 bits per heavy atom. The monoisotopic (exact) mass is 271 g/mol. The van der Waals surface area contributed by atoms with Gasteiger partial charge in [-0.05, 0) is 12.1 Å². The van der Waals surface area contributed by atoms with Crippen molar-refractivity contribution in [1.29, 1.82) is 0 Å². The second kappa shape index (κ2) is 6.69. The molecule has 0 bridgehead atoms. The number of nitrogens with one attached hydrogen (secondary N) is 1. The number of phenolic OH excluding ortho intramolecular Hbond substituents is 1. The lowest BCUT2D eigenvalue weighted by Gasteiger charge is -2.14. The maximum atomic E-state index is 13.4. The fraction of sp³-hybridized carbons (Fsp3) is 0.333. The van der Waals surface area contributed by atoms with E-state index in [4.69, 9.17) is 9.84 Å². The highest BCUT2D eigenvalue weighted by molar-refractivity contribution is 5.97. The van der Waals surface area contributed by atoms with Gasteiger partial charge in [-0.3, -0.25) is 9.59 Å². The van der Waals surface area contributed by atoms with Gasteiger partial charge < -0.3 is 20.3 Å². The summed E-state index contributed by atoms with van der Waals surface area (Å²) < 4.78 is 18.2. The number of benzene rings is 1. The lowest BCUT2D eigenvalue weighted by atomic mass is 10.1. The summed E-state index contributed by atoms with van der Waals surface area (Å²) in [4.78, 5) is 22.2. The van der Waals surface area contributed by atoms with E-state index in [1.807, 2.05) is 0 Å². The van der Waals surface area contributed by atoms with Crippen LogP contribution in [0, 0.1) is 5.82 Å². The SMILES string of the molecule is COC(CNC(=O)c1c(O)cccc1F)CC(=O)O. The Labute approximate surface area is 108 Å². The number of ether oxygens (including phenoxy) is 1. The fourth-order valence-electron chi connectivity index (χ4n) is 1.47. The third-order valence-electron chi connectivity index (χ3n) is 2.44. The van der Waals surface area contributed by atoms with Crippen LogP contribution >= 0.6 is 0 Å². The first-order valence-corrected chi connectivity index (χ1v) is 5.46. The number of methoxy groups -OCH3 is 1. The highest BCUT2D eigenvalue weighted by atomic mass is 19.1. The van der Waals surface area contributed by atoms with Crippen molar-refractivity contribution in [3.63, 3.8) is 0 Å². The van der Waals surface area contributed by atoms with Gasteiger partial charge in [-0.25, -0.2) is 4.39 Å². The summed E-state index contributed by atoms with van der Waals surface area (Å²) in [6.45, 7) is -0.102. The second-order valence-corrected chi connectivity index (χ2v) is 3.80. The number of carbonyl (C=O) groups is 2. The van der Waals surface area contributed by atoms with Gasteiger partial charge in [-0.15, -0.1) is 0 Å². The van der Waals surface area contributed by atoms with Crippen LogP contribution in [-0.2, 0) is 9.53 Å². The minimum atomic E-state index is -1.07. The molecule has 1 amide bonds. The molecule has 6 nitrogen and oxygen atoms in total. The number of rotatable bonds is 6. The second-order valence-electron chi connectivity index (χ2n) is 3.80. The van der Waals surface area contributed by atoms with Gasteiger partial charge in [-0.2, -0.15) is 0 Å². The molecule has 104 valence electrons. The van der Waals surface area contributed by atoms with E-state index in [-0.39, 0.29) is 13.0 Å². The van der Waals surface area contributed by atoms with Crippen LogP contribution in [0.3, 0.4) is 0 Å². The predicted octanol–water partition coefficient (Wildman–Crippen LogP) is 0.751. The minimum Gasteiger partial charge on any atom is -0.507 e. The first-order valence-electron chi connectivity index (χ1n) is 5.46. The third kappa shape index (κ3) is 4.22. The molecule has 0 saturated heterocycles. The number of phenols is 1. The molecule has 19 heavy (non-hydrogen) atoms. The molecule has 3 N–H and O–H groups in total. The molecule has 1 aromatic carbocycles. The minimum absolute atomic E-state index is 0.102. The Kier molecular flexibility index (Phi) is 5.25. The zero-order chi connectivity index (χ0) is 14.4. The molecule has 1 rings (SSSR count). The van der Waals surface area contributed by atoms with Gasteiger partial charge in [0.05, 0.1) is 12.5 Å². The Morgan fingerprint density at radius 1 is 1.47 bits per heavy atom. The van der Waals surface area contributed by atoms with Gasteiger partial charge in [0.15, 0.2) is 0 Å². The zero-order valence-corrected chi connectivity index (χ0v) is 10.2. The molecular formula is C12H14FNO5. The van der Waals surface area contributed by atoms with Crippen molar-refractivity contribution in [3.8, 4) is 5.75 Å². The number of carboxylic acids is 1. The number of amides is 1. The number of hydrogen-bond donors (Lipinski definition) is 3. The molecular weight excluding hydrogens is 257 g/mol. The van der Waals surface area contributed by atoms with Crippen LogP contribution in [0.1, 0.15) is 16.8 Å². The maximum absolute atomic E-state index is 13.4. The first kappa shape index (κ1) is 14.9. The van der Waals surface area contributed by atoms with E-state index in [0.29, 0.717) is 0 Å². The molecule has 0 aliphatic heterocycles. The summed E-state index contributed by atoms with van der Waals surface area (Å²) in [6.07, 6.45) is -1.02. The number of hydrogen-bond acceptors (Lipinski definition) is 4. The van der Waals surface area contributed by atoms with E-state index in [1.54, 1.807) is 0 Å². The average molecular weight is 271 g/mol. The third-order valence-corrected chi connectivity index (χ3v) is 2.44. The summed E-state index contributed by atoms with van der Waals surface area (Å²) in [5, 5.41) is 20.3. The van der Waals surface area contributed by atoms with Crippen molar-refractivity contribution in [2.45, 2.75) is 12.5 Å². The van der Waals surface area contributed by atoms with Crippen molar-refractivity contribution in [1.82, 2.24) is 5.32 Å². The van der Waals surface area contributed by atoms with E-state index in [9.17, 15) is 19.1 Å². The average Bonchev–Trinajstić information content (AvgIpc) is 2.33. The lowest BCUT2D eigenvalue weighted by molar-refractivity contribution is -0.139. The number of halogens is 1. The van der Waals surface area contributed by atoms with Gasteiger partial charge in [-0.1, -0.05) is 6.07 Å². The molecule has 1 unspecified atom stereocenters. The molecule has 0 aliphatic carbocycles. The molecule has 0 radical (unpaired) electrons. The highest BCUT2D eigenvalue weighted by Crippen LogP contribution is 2.19. The Bertz CT molecular complexity index is 457. The van der Waals surface area contributed by atoms with Crippen LogP contribution in [0.5, 0.6) is 5.75 Å². The Hall–Kier alpha value is -2.15. The molecule has 0 heterocycles. The van der Waals surface area contributed by atoms with Crippen molar-refractivity contribution in [2.24, 2.45) is 0 Å². The predicted molar refractivity (Wildman–Crippen MR) is 63.4 cm³/mol. The van der Waals surface area contributed by atoms with E-state index >= 15 is 0 Å². The first-order chi connectivity index (χ1) is 8.95. The molecule has 0 fully saturated rings. The van der Waals surface area contributed by atoms with E-state index in [0.717, 1.165) is 6.07 Å². The molecule has 1 aromatic rings. The summed E-state index contributed by atoms with van der Waals surface area (Å²) in [6, 6.07) is 3.49. The maximum Gasteiger partial charge on any atom is 0.306 e. The van der Waals surface area contributed by atoms with Gasteiger partial charge in [0.1, 0.15) is 17.1 Å². The Balaban J connectivity index is 2.67. The smallest absolute Gasteiger partial charge is 0.306 e. The number of carbonyl (C=O) groups excluding carboxylic acids is 1. The van der Waals surface area contributed by atoms with Crippen LogP contribution in [0.4, 0.5) is 4.39 Å². The van der Waals surface area contributed by atoms with Gasteiger partial charge in [0.25, 0.3) is 5.91 Å². The Morgan fingerprint density at radius 3 is 2.68 bits per heavy atom. The van der Waals surface area contributed by atoms with Crippen molar-refractivity contribution >= 4 is 11.9 Å². The zero-order valence-electron chi connectivity index (χ0n) is 10.2. The molecule has 1 atom stereocenters. The number of aromatic hydroxyl groups is 1.